The first kappa shape index (κ1) is 32.0. The number of carbonyl (C=O) groups excluding carboxylic acids is 3. The predicted octanol–water partition coefficient (Wildman–Crippen LogP) is 3.08. The normalized spacial score (nSPS) is 24.5. The third-order valence-electron chi connectivity index (χ3n) is 9.19. The van der Waals surface area contributed by atoms with Crippen LogP contribution in [0.2, 0.25) is 0 Å². The van der Waals surface area contributed by atoms with Crippen molar-refractivity contribution in [3.8, 4) is 5.75 Å². The molecule has 2 aromatic carbocycles. The van der Waals surface area contributed by atoms with Crippen LogP contribution in [0.15, 0.2) is 35.1 Å². The minimum Gasteiger partial charge on any atom is -0.508 e. The fourth-order valence-corrected chi connectivity index (χ4v) is 7.17. The lowest BCUT2D eigenvalue weighted by Crippen LogP contribution is -2.62. The number of aliphatic hydroxyl groups excluding tert-OH is 2. The zero-order valence-electron chi connectivity index (χ0n) is 25.0. The molecule has 0 bridgehead atoms. The largest absolute Gasteiger partial charge is 0.508 e. The molecular weight excluding hydrogens is 595 g/mol. The molecule has 0 aromatic heterocycles. The maximum absolute atomic E-state index is 14.1. The minimum atomic E-state index is -2.72. The number of ketones is 2. The van der Waals surface area contributed by atoms with Gasteiger partial charge in [-0.3, -0.25) is 14.4 Å². The van der Waals surface area contributed by atoms with Crippen molar-refractivity contribution in [2.75, 3.05) is 19.0 Å². The second kappa shape index (κ2) is 11.2. The van der Waals surface area contributed by atoms with Gasteiger partial charge in [0.25, 0.3) is 5.91 Å². The highest BCUT2D eigenvalue weighted by Gasteiger charge is 2.64. The maximum Gasteiger partial charge on any atom is 0.255 e. The molecule has 10 nitrogen and oxygen atoms in total. The Hall–Kier alpha value is -4.36. The van der Waals surface area contributed by atoms with E-state index in [9.17, 15) is 48.0 Å². The van der Waals surface area contributed by atoms with Crippen molar-refractivity contribution in [3.05, 3.63) is 74.8 Å². The smallest absolute Gasteiger partial charge is 0.255 e. The number of nitrogens with zero attached hydrogens (tertiary/aromatic N) is 1. The molecule has 0 spiro atoms. The predicted molar refractivity (Wildman–Crippen MR) is 156 cm³/mol. The van der Waals surface area contributed by atoms with E-state index in [2.05, 4.69) is 5.32 Å². The van der Waals surface area contributed by atoms with E-state index in [4.69, 9.17) is 5.73 Å². The van der Waals surface area contributed by atoms with Crippen molar-refractivity contribution in [2.45, 2.75) is 45.4 Å². The molecular formula is C32H34F3N3O7. The number of amides is 1. The molecule has 0 radical (unpaired) electrons. The van der Waals surface area contributed by atoms with Crippen molar-refractivity contribution in [2.24, 2.45) is 29.4 Å². The number of hydrogen-bond donors (Lipinski definition) is 6. The SMILES string of the molecule is CC(C)[C@@H]1C(=O)C(C(N)=O)=C(O)[C@@]2(O)C(=O)C3=C(O)c4c(O)c(CNCc5cc(F)c(F)c(F)c5)cc(N(C)C)c4C[C@H]3C[C@@H]12. The Kier molecular flexibility index (Phi) is 7.99. The number of phenols is 1. The molecule has 5 rings (SSSR count). The first-order valence-electron chi connectivity index (χ1n) is 14.4. The van der Waals surface area contributed by atoms with Gasteiger partial charge < -0.3 is 36.4 Å². The van der Waals surface area contributed by atoms with Gasteiger partial charge in [0, 0.05) is 55.8 Å². The lowest BCUT2D eigenvalue weighted by Gasteiger charge is -2.50. The first-order valence-corrected chi connectivity index (χ1v) is 14.4. The van der Waals surface area contributed by atoms with Crippen LogP contribution in [0.3, 0.4) is 0 Å². The van der Waals surface area contributed by atoms with Gasteiger partial charge >= 0.3 is 0 Å². The third-order valence-corrected chi connectivity index (χ3v) is 9.19. The van der Waals surface area contributed by atoms with Crippen LogP contribution in [0.25, 0.3) is 5.76 Å². The molecule has 0 aliphatic heterocycles. The Balaban J connectivity index is 1.59. The van der Waals surface area contributed by atoms with Gasteiger partial charge in [0.15, 0.2) is 28.8 Å². The summed E-state index contributed by atoms with van der Waals surface area (Å²) in [5, 5.41) is 48.7. The molecule has 1 amide bonds. The van der Waals surface area contributed by atoms with Crippen LogP contribution in [-0.2, 0) is 33.9 Å². The monoisotopic (exact) mass is 629 g/mol. The van der Waals surface area contributed by atoms with Crippen LogP contribution in [0.1, 0.15) is 42.5 Å². The number of hydrogen-bond acceptors (Lipinski definition) is 9. The van der Waals surface area contributed by atoms with Crippen molar-refractivity contribution >= 4 is 28.9 Å². The van der Waals surface area contributed by atoms with E-state index in [-0.39, 0.29) is 48.2 Å². The Labute approximate surface area is 256 Å². The third kappa shape index (κ3) is 4.85. The Morgan fingerprint density at radius 1 is 1.09 bits per heavy atom. The Bertz CT molecular complexity index is 1690. The van der Waals surface area contributed by atoms with Crippen molar-refractivity contribution in [3.63, 3.8) is 0 Å². The van der Waals surface area contributed by atoms with Gasteiger partial charge in [-0.05, 0) is 54.0 Å². The highest BCUT2D eigenvalue weighted by atomic mass is 19.2. The number of anilines is 1. The number of carbonyl (C=O) groups is 3. The number of phenolic OH excluding ortho intramolecular Hbond substituents is 1. The molecule has 240 valence electrons. The van der Waals surface area contributed by atoms with E-state index >= 15 is 0 Å². The number of aromatic hydroxyl groups is 1. The van der Waals surface area contributed by atoms with Gasteiger partial charge in [0.2, 0.25) is 5.78 Å². The summed E-state index contributed by atoms with van der Waals surface area (Å²) >= 11 is 0. The highest BCUT2D eigenvalue weighted by Crippen LogP contribution is 2.55. The standard InChI is InChI=1S/C32H34F3N3O7/c1-12(2)21-17-8-14-7-16-20(38(3)4)9-15(11-37-10-13-5-18(33)25(35)19(34)6-13)26(39)23(16)28(41)22(14)29(42)32(17,45)30(43)24(27(21)40)31(36)44/h5-6,9,12,14,17,21,37,39,41,43,45H,7-8,10-11H2,1-4H3,(H2,36,44)/t14-,17-,21-,32-/m0/s1. The van der Waals surface area contributed by atoms with E-state index in [0.29, 0.717) is 11.3 Å². The highest BCUT2D eigenvalue weighted by molar-refractivity contribution is 6.23. The van der Waals surface area contributed by atoms with E-state index in [1.165, 1.54) is 0 Å². The molecule has 2 aromatic rings. The fraction of sp³-hybridized carbons (Fsp3) is 0.406. The van der Waals surface area contributed by atoms with Gasteiger partial charge in [0.1, 0.15) is 22.8 Å². The van der Waals surface area contributed by atoms with E-state index in [1.807, 2.05) is 0 Å². The average Bonchev–Trinajstić information content (AvgIpc) is 2.94. The molecule has 7 N–H and O–H groups in total. The summed E-state index contributed by atoms with van der Waals surface area (Å²) in [5.41, 5.74) is 2.88. The lowest BCUT2D eigenvalue weighted by atomic mass is 9.54. The lowest BCUT2D eigenvalue weighted by molar-refractivity contribution is -0.155. The number of halogens is 3. The molecule has 1 fully saturated rings. The molecule has 4 atom stereocenters. The van der Waals surface area contributed by atoms with E-state index in [0.717, 1.165) is 12.1 Å². The molecule has 0 saturated heterocycles. The van der Waals surface area contributed by atoms with E-state index in [1.54, 1.807) is 38.9 Å². The molecule has 0 heterocycles. The average molecular weight is 630 g/mol. The summed E-state index contributed by atoms with van der Waals surface area (Å²) in [6, 6.07) is 3.33. The quantitative estimate of drug-likeness (QED) is 0.199. The maximum atomic E-state index is 14.1. The number of rotatable bonds is 7. The molecule has 3 aliphatic carbocycles. The van der Waals surface area contributed by atoms with Crippen LogP contribution >= 0.6 is 0 Å². The summed E-state index contributed by atoms with van der Waals surface area (Å²) in [6.07, 6.45) is 0.121. The number of nitrogens with two attached hydrogens (primary N) is 1. The number of benzene rings is 2. The number of aliphatic hydroxyl groups is 3. The number of nitrogens with one attached hydrogen (secondary N) is 1. The zero-order valence-corrected chi connectivity index (χ0v) is 25.0. The second-order valence-electron chi connectivity index (χ2n) is 12.5. The summed E-state index contributed by atoms with van der Waals surface area (Å²) in [6.45, 7) is 3.20. The van der Waals surface area contributed by atoms with Gasteiger partial charge in [-0.1, -0.05) is 13.8 Å². The second-order valence-corrected chi connectivity index (χ2v) is 12.5. The summed E-state index contributed by atoms with van der Waals surface area (Å²) in [5.74, 6) is -12.9. The van der Waals surface area contributed by atoms with Crippen LogP contribution < -0.4 is 16.0 Å². The molecule has 3 aliphatic rings. The molecule has 0 unspecified atom stereocenters. The van der Waals surface area contributed by atoms with Crippen molar-refractivity contribution in [1.29, 1.82) is 0 Å². The van der Waals surface area contributed by atoms with Crippen LogP contribution in [0.4, 0.5) is 18.9 Å². The number of fused-ring (bicyclic) bond motifs is 3. The first-order chi connectivity index (χ1) is 21.0. The van der Waals surface area contributed by atoms with E-state index < -0.39 is 87.0 Å². The van der Waals surface area contributed by atoms with Crippen LogP contribution in [-0.4, -0.2) is 57.6 Å². The summed E-state index contributed by atoms with van der Waals surface area (Å²) in [7, 11) is 3.47. The molecule has 45 heavy (non-hydrogen) atoms. The fourth-order valence-electron chi connectivity index (χ4n) is 7.17. The van der Waals surface area contributed by atoms with Crippen LogP contribution in [0, 0.1) is 41.1 Å². The molecule has 1 saturated carbocycles. The molecule has 13 heteroatoms. The zero-order chi connectivity index (χ0) is 33.3. The topological polar surface area (TPSA) is 173 Å². The summed E-state index contributed by atoms with van der Waals surface area (Å²) < 4.78 is 40.7. The Morgan fingerprint density at radius 3 is 2.27 bits per heavy atom. The van der Waals surface area contributed by atoms with Crippen LogP contribution in [0.5, 0.6) is 5.75 Å². The van der Waals surface area contributed by atoms with Gasteiger partial charge in [-0.15, -0.1) is 0 Å². The van der Waals surface area contributed by atoms with Gasteiger partial charge in [0.05, 0.1) is 5.56 Å². The number of Topliss-reactive ketones (excluding diaryl/α,β-unsaturated/α-hetero) is 2. The van der Waals surface area contributed by atoms with Gasteiger partial charge in [-0.25, -0.2) is 13.2 Å². The Morgan fingerprint density at radius 2 is 1.71 bits per heavy atom. The van der Waals surface area contributed by atoms with Gasteiger partial charge in [-0.2, -0.15) is 0 Å². The number of primary amides is 1. The van der Waals surface area contributed by atoms with Crippen molar-refractivity contribution < 1.29 is 48.0 Å². The van der Waals surface area contributed by atoms with Crippen molar-refractivity contribution in [1.82, 2.24) is 5.32 Å². The minimum absolute atomic E-state index is 0.00646. The summed E-state index contributed by atoms with van der Waals surface area (Å²) in [4.78, 5) is 41.3.